The van der Waals surface area contributed by atoms with Crippen molar-refractivity contribution in [2.45, 2.75) is 25.5 Å². The fourth-order valence-electron chi connectivity index (χ4n) is 1.68. The van der Waals surface area contributed by atoms with E-state index >= 15 is 0 Å². The normalized spacial score (nSPS) is 27.2. The van der Waals surface area contributed by atoms with E-state index in [-0.39, 0.29) is 0 Å². The molecule has 0 bridgehead atoms. The van der Waals surface area contributed by atoms with Crippen LogP contribution in [0.2, 0.25) is 0 Å². The second-order valence-electron chi connectivity index (χ2n) is 3.52. The lowest BCUT2D eigenvalue weighted by Crippen LogP contribution is -2.33. The number of anilines is 1. The van der Waals surface area contributed by atoms with Gasteiger partial charge in [0, 0.05) is 13.7 Å². The maximum absolute atomic E-state index is 5.40. The summed E-state index contributed by atoms with van der Waals surface area (Å²) in [4.78, 5) is 3.87. The first-order valence-electron chi connectivity index (χ1n) is 4.45. The van der Waals surface area contributed by atoms with Gasteiger partial charge >= 0.3 is 0 Å². The zero-order chi connectivity index (χ0) is 9.26. The minimum Gasteiger partial charge on any atom is -0.381 e. The highest BCUT2D eigenvalue weighted by atomic mass is 16.5. The summed E-state index contributed by atoms with van der Waals surface area (Å²) in [7, 11) is 1.76. The third-order valence-corrected chi connectivity index (χ3v) is 2.53. The highest BCUT2D eigenvalue weighted by Gasteiger charge is 2.29. The summed E-state index contributed by atoms with van der Waals surface area (Å²) in [6.45, 7) is 0.907. The van der Waals surface area contributed by atoms with Crippen LogP contribution in [0.1, 0.15) is 12.8 Å². The number of nitrogens with two attached hydrogens (primary N) is 1. The number of hydrogen-bond acceptors (Lipinski definition) is 4. The Balaban J connectivity index is 1.81. The van der Waals surface area contributed by atoms with Crippen molar-refractivity contribution >= 4 is 5.95 Å². The van der Waals surface area contributed by atoms with Gasteiger partial charge in [0.1, 0.15) is 6.33 Å². The minimum absolute atomic E-state index is 0.350. The second-order valence-corrected chi connectivity index (χ2v) is 3.52. The standard InChI is InChI=1S/C8H14N4O/c1-13-7-2-6(3-7)4-12-5-10-8(9)11-12/h5-7H,2-4H2,1H3,(H2,9,11). The highest BCUT2D eigenvalue weighted by Crippen LogP contribution is 2.30. The summed E-state index contributed by atoms with van der Waals surface area (Å²) in [6.07, 6.45) is 4.37. The van der Waals surface area contributed by atoms with Crippen LogP contribution in [0, 0.1) is 5.92 Å². The van der Waals surface area contributed by atoms with Crippen molar-refractivity contribution in [1.82, 2.24) is 14.8 Å². The SMILES string of the molecule is COC1CC(Cn2cnc(N)n2)C1. The molecule has 1 aliphatic rings. The van der Waals surface area contributed by atoms with Crippen LogP contribution in [-0.4, -0.2) is 28.0 Å². The number of nitrogen functional groups attached to an aromatic ring is 1. The Labute approximate surface area is 76.9 Å². The molecule has 0 atom stereocenters. The van der Waals surface area contributed by atoms with Crippen molar-refractivity contribution in [3.05, 3.63) is 6.33 Å². The lowest BCUT2D eigenvalue weighted by molar-refractivity contribution is -0.00547. The summed E-state index contributed by atoms with van der Waals surface area (Å²) >= 11 is 0. The summed E-state index contributed by atoms with van der Waals surface area (Å²) in [5.41, 5.74) is 5.40. The quantitative estimate of drug-likeness (QED) is 0.729. The first-order valence-corrected chi connectivity index (χ1v) is 4.45. The molecule has 5 nitrogen and oxygen atoms in total. The number of ether oxygens (including phenoxy) is 1. The molecule has 1 fully saturated rings. The number of nitrogens with zero attached hydrogens (tertiary/aromatic N) is 3. The van der Waals surface area contributed by atoms with E-state index in [0.717, 1.165) is 19.4 Å². The summed E-state index contributed by atoms with van der Waals surface area (Å²) < 4.78 is 6.99. The monoisotopic (exact) mass is 182 g/mol. The molecule has 2 rings (SSSR count). The van der Waals surface area contributed by atoms with Gasteiger partial charge in [-0.2, -0.15) is 0 Å². The van der Waals surface area contributed by atoms with Crippen LogP contribution in [0.4, 0.5) is 5.95 Å². The Bertz CT molecular complexity index is 279. The predicted molar refractivity (Wildman–Crippen MR) is 48.0 cm³/mol. The van der Waals surface area contributed by atoms with Gasteiger partial charge in [0.15, 0.2) is 0 Å². The maximum atomic E-state index is 5.40. The molecule has 0 saturated heterocycles. The molecule has 0 unspecified atom stereocenters. The number of methoxy groups -OCH3 is 1. The molecule has 1 aliphatic carbocycles. The van der Waals surface area contributed by atoms with Crippen molar-refractivity contribution in [2.24, 2.45) is 5.92 Å². The molecule has 0 amide bonds. The second kappa shape index (κ2) is 3.33. The smallest absolute Gasteiger partial charge is 0.239 e. The average Bonchev–Trinajstić information content (AvgIpc) is 2.43. The van der Waals surface area contributed by atoms with E-state index in [2.05, 4.69) is 10.1 Å². The van der Waals surface area contributed by atoms with Crippen molar-refractivity contribution in [2.75, 3.05) is 12.8 Å². The molecule has 0 spiro atoms. The summed E-state index contributed by atoms with van der Waals surface area (Å²) in [5.74, 6) is 1.02. The zero-order valence-corrected chi connectivity index (χ0v) is 7.68. The Kier molecular flexibility index (Phi) is 2.18. The first-order chi connectivity index (χ1) is 6.28. The van der Waals surface area contributed by atoms with Gasteiger partial charge in [-0.1, -0.05) is 0 Å². The van der Waals surface area contributed by atoms with Gasteiger partial charge in [-0.05, 0) is 18.8 Å². The van der Waals surface area contributed by atoms with Crippen LogP contribution in [0.5, 0.6) is 0 Å². The summed E-state index contributed by atoms with van der Waals surface area (Å²) in [5, 5.41) is 4.03. The largest absolute Gasteiger partial charge is 0.381 e. The number of hydrogen-bond donors (Lipinski definition) is 1. The lowest BCUT2D eigenvalue weighted by atomic mass is 9.82. The number of rotatable bonds is 3. The fourth-order valence-corrected chi connectivity index (χ4v) is 1.68. The highest BCUT2D eigenvalue weighted by molar-refractivity contribution is 5.09. The van der Waals surface area contributed by atoms with E-state index in [4.69, 9.17) is 10.5 Å². The molecule has 5 heteroatoms. The first kappa shape index (κ1) is 8.50. The van der Waals surface area contributed by atoms with Gasteiger partial charge in [0.25, 0.3) is 0 Å². The van der Waals surface area contributed by atoms with Crippen LogP contribution in [-0.2, 0) is 11.3 Å². The molecule has 0 aromatic carbocycles. The molecule has 0 aliphatic heterocycles. The Morgan fingerprint density at radius 1 is 1.69 bits per heavy atom. The van der Waals surface area contributed by atoms with E-state index in [1.165, 1.54) is 0 Å². The van der Waals surface area contributed by atoms with Crippen LogP contribution < -0.4 is 5.73 Å². The molecule has 1 aromatic heterocycles. The lowest BCUT2D eigenvalue weighted by Gasteiger charge is -2.33. The van der Waals surface area contributed by atoms with Crippen LogP contribution in [0.15, 0.2) is 6.33 Å². The molecule has 1 aromatic rings. The Hall–Kier alpha value is -1.10. The van der Waals surface area contributed by atoms with Gasteiger partial charge in [0.05, 0.1) is 6.10 Å². The Morgan fingerprint density at radius 2 is 2.46 bits per heavy atom. The molecule has 1 heterocycles. The van der Waals surface area contributed by atoms with E-state index in [1.54, 1.807) is 18.1 Å². The zero-order valence-electron chi connectivity index (χ0n) is 7.68. The fraction of sp³-hybridized carbons (Fsp3) is 0.750. The molecule has 0 radical (unpaired) electrons. The van der Waals surface area contributed by atoms with Gasteiger partial charge in [0.2, 0.25) is 5.95 Å². The van der Waals surface area contributed by atoms with Crippen molar-refractivity contribution in [3.8, 4) is 0 Å². The molecule has 2 N–H and O–H groups in total. The third-order valence-electron chi connectivity index (χ3n) is 2.53. The molecular weight excluding hydrogens is 168 g/mol. The van der Waals surface area contributed by atoms with Gasteiger partial charge < -0.3 is 10.5 Å². The minimum atomic E-state index is 0.350. The predicted octanol–water partition coefficient (Wildman–Crippen LogP) is 0.285. The van der Waals surface area contributed by atoms with Gasteiger partial charge in [-0.25, -0.2) is 4.98 Å². The van der Waals surface area contributed by atoms with Crippen molar-refractivity contribution < 1.29 is 4.74 Å². The van der Waals surface area contributed by atoms with Crippen LogP contribution in [0.25, 0.3) is 0 Å². The molecule has 1 saturated carbocycles. The average molecular weight is 182 g/mol. The number of aromatic nitrogens is 3. The topological polar surface area (TPSA) is 66.0 Å². The molecular formula is C8H14N4O. The van der Waals surface area contributed by atoms with E-state index in [9.17, 15) is 0 Å². The van der Waals surface area contributed by atoms with E-state index < -0.39 is 0 Å². The maximum Gasteiger partial charge on any atom is 0.239 e. The molecule has 13 heavy (non-hydrogen) atoms. The van der Waals surface area contributed by atoms with Crippen LogP contribution >= 0.6 is 0 Å². The van der Waals surface area contributed by atoms with Gasteiger partial charge in [-0.3, -0.25) is 4.68 Å². The Morgan fingerprint density at radius 3 is 3.00 bits per heavy atom. The van der Waals surface area contributed by atoms with Crippen molar-refractivity contribution in [1.29, 1.82) is 0 Å². The van der Waals surface area contributed by atoms with E-state index in [1.807, 2.05) is 0 Å². The molecule has 72 valence electrons. The van der Waals surface area contributed by atoms with Crippen LogP contribution in [0.3, 0.4) is 0 Å². The van der Waals surface area contributed by atoms with Gasteiger partial charge in [-0.15, -0.1) is 5.10 Å². The summed E-state index contributed by atoms with van der Waals surface area (Å²) in [6, 6.07) is 0. The third kappa shape index (κ3) is 1.80. The van der Waals surface area contributed by atoms with E-state index in [0.29, 0.717) is 18.0 Å². The van der Waals surface area contributed by atoms with Crippen molar-refractivity contribution in [3.63, 3.8) is 0 Å².